The topological polar surface area (TPSA) is 107 Å². The van der Waals surface area contributed by atoms with Gasteiger partial charge in [0.2, 0.25) is 5.78 Å². The van der Waals surface area contributed by atoms with Crippen molar-refractivity contribution in [3.8, 4) is 0 Å². The van der Waals surface area contributed by atoms with Crippen LogP contribution < -0.4 is 10.9 Å². The molecular weight excluding hydrogens is 348 g/mol. The fraction of sp³-hybridized carbons (Fsp3) is 0.167. The van der Waals surface area contributed by atoms with Crippen molar-refractivity contribution in [2.24, 2.45) is 0 Å². The van der Waals surface area contributed by atoms with Gasteiger partial charge in [0.25, 0.3) is 11.2 Å². The zero-order chi connectivity index (χ0) is 19.0. The minimum Gasteiger partial charge on any atom is -0.378 e. The second kappa shape index (κ2) is 6.52. The van der Waals surface area contributed by atoms with Crippen LogP contribution in [0.3, 0.4) is 0 Å². The minimum absolute atomic E-state index is 0.0105. The van der Waals surface area contributed by atoms with Gasteiger partial charge in [-0.15, -0.1) is 10.2 Å². The van der Waals surface area contributed by atoms with Crippen LogP contribution in [-0.2, 0) is 13.1 Å². The number of nitrogens with one attached hydrogen (secondary N) is 1. The predicted octanol–water partition coefficient (Wildman–Crippen LogP) is 2.58. The largest absolute Gasteiger partial charge is 0.378 e. The van der Waals surface area contributed by atoms with Crippen LogP contribution in [0, 0.1) is 10.1 Å². The highest BCUT2D eigenvalue weighted by Gasteiger charge is 2.15. The Morgan fingerprint density at radius 3 is 2.74 bits per heavy atom. The molecule has 0 aliphatic rings. The lowest BCUT2D eigenvalue weighted by Crippen LogP contribution is -2.22. The van der Waals surface area contributed by atoms with Crippen molar-refractivity contribution in [1.82, 2.24) is 19.2 Å². The third-order valence-corrected chi connectivity index (χ3v) is 4.40. The van der Waals surface area contributed by atoms with Crippen molar-refractivity contribution >= 4 is 28.1 Å². The van der Waals surface area contributed by atoms with E-state index in [1.54, 1.807) is 22.8 Å². The Kier molecular flexibility index (Phi) is 4.03. The number of fused-ring (bicyclic) bond motifs is 3. The van der Waals surface area contributed by atoms with Gasteiger partial charge in [-0.1, -0.05) is 18.2 Å². The van der Waals surface area contributed by atoms with E-state index in [0.717, 1.165) is 5.52 Å². The number of hydrogen-bond acceptors (Lipinski definition) is 6. The Bertz CT molecular complexity index is 1230. The first-order valence-electron chi connectivity index (χ1n) is 8.44. The summed E-state index contributed by atoms with van der Waals surface area (Å²) < 4.78 is 3.41. The molecule has 2 aromatic heterocycles. The average Bonchev–Trinajstić information content (AvgIpc) is 3.11. The lowest BCUT2D eigenvalue weighted by molar-refractivity contribution is -0.384. The van der Waals surface area contributed by atoms with Crippen molar-refractivity contribution in [1.29, 1.82) is 0 Å². The molecule has 4 rings (SSSR count). The van der Waals surface area contributed by atoms with Crippen LogP contribution in [0.15, 0.2) is 53.3 Å². The standard InChI is InChI=1S/C18H16N6O3/c1-2-22-17(25)14-8-3-4-9-15(14)23-16(20-21-18(22)23)11-19-12-6-5-7-13(10-12)24(26)27/h3-10,19H,2,11H2,1H3. The highest BCUT2D eigenvalue weighted by Crippen LogP contribution is 2.19. The van der Waals surface area contributed by atoms with Crippen molar-refractivity contribution < 1.29 is 4.92 Å². The fourth-order valence-electron chi connectivity index (χ4n) is 3.12. The number of benzene rings is 2. The molecule has 9 nitrogen and oxygen atoms in total. The Morgan fingerprint density at radius 1 is 1.15 bits per heavy atom. The average molecular weight is 364 g/mol. The summed E-state index contributed by atoms with van der Waals surface area (Å²) in [6, 6.07) is 13.6. The van der Waals surface area contributed by atoms with Gasteiger partial charge >= 0.3 is 0 Å². The molecule has 1 N–H and O–H groups in total. The Hall–Kier alpha value is -3.75. The number of nitro benzene ring substituents is 1. The Balaban J connectivity index is 1.79. The molecule has 0 fully saturated rings. The molecule has 0 spiro atoms. The van der Waals surface area contributed by atoms with Gasteiger partial charge in [0, 0.05) is 24.4 Å². The van der Waals surface area contributed by atoms with Gasteiger partial charge in [-0.2, -0.15) is 0 Å². The molecule has 0 bridgehead atoms. The van der Waals surface area contributed by atoms with Gasteiger partial charge in [-0.3, -0.25) is 23.9 Å². The van der Waals surface area contributed by atoms with Crippen LogP contribution in [0.5, 0.6) is 0 Å². The van der Waals surface area contributed by atoms with E-state index in [-0.39, 0.29) is 11.2 Å². The van der Waals surface area contributed by atoms with Crippen LogP contribution in [0.25, 0.3) is 16.7 Å². The number of non-ortho nitro benzene ring substituents is 1. The molecule has 0 atom stereocenters. The van der Waals surface area contributed by atoms with Gasteiger partial charge in [-0.05, 0) is 25.1 Å². The molecular formula is C18H16N6O3. The van der Waals surface area contributed by atoms with Crippen LogP contribution >= 0.6 is 0 Å². The summed E-state index contributed by atoms with van der Waals surface area (Å²) in [5.74, 6) is 1.08. The smallest absolute Gasteiger partial charge is 0.271 e. The molecule has 0 amide bonds. The van der Waals surface area contributed by atoms with E-state index < -0.39 is 4.92 Å². The summed E-state index contributed by atoms with van der Waals surface area (Å²) in [5.41, 5.74) is 1.24. The van der Waals surface area contributed by atoms with Crippen LogP contribution in [0.2, 0.25) is 0 Å². The van der Waals surface area contributed by atoms with E-state index in [2.05, 4.69) is 15.5 Å². The summed E-state index contributed by atoms with van der Waals surface area (Å²) in [6.45, 7) is 2.66. The fourth-order valence-corrected chi connectivity index (χ4v) is 3.12. The van der Waals surface area contributed by atoms with Crippen LogP contribution in [0.1, 0.15) is 12.7 Å². The van der Waals surface area contributed by atoms with Crippen molar-refractivity contribution in [2.75, 3.05) is 5.32 Å². The molecule has 2 aromatic carbocycles. The molecule has 2 heterocycles. The van der Waals surface area contributed by atoms with Gasteiger partial charge in [0.1, 0.15) is 0 Å². The van der Waals surface area contributed by atoms with Crippen LogP contribution in [0.4, 0.5) is 11.4 Å². The first-order valence-corrected chi connectivity index (χ1v) is 8.44. The number of aromatic nitrogens is 4. The molecule has 0 aliphatic carbocycles. The molecule has 0 saturated heterocycles. The zero-order valence-electron chi connectivity index (χ0n) is 14.5. The predicted molar refractivity (Wildman–Crippen MR) is 101 cm³/mol. The molecule has 0 radical (unpaired) electrons. The van der Waals surface area contributed by atoms with Gasteiger partial charge in [0.05, 0.1) is 22.4 Å². The van der Waals surface area contributed by atoms with E-state index >= 15 is 0 Å². The summed E-state index contributed by atoms with van der Waals surface area (Å²) in [5, 5.41) is 23.1. The second-order valence-corrected chi connectivity index (χ2v) is 5.98. The number of para-hydroxylation sites is 1. The minimum atomic E-state index is -0.439. The number of aryl methyl sites for hydroxylation is 1. The number of rotatable bonds is 5. The number of nitrogens with zero attached hydrogens (tertiary/aromatic N) is 5. The summed E-state index contributed by atoms with van der Waals surface area (Å²) >= 11 is 0. The first kappa shape index (κ1) is 16.7. The zero-order valence-corrected chi connectivity index (χ0v) is 14.5. The Morgan fingerprint density at radius 2 is 1.96 bits per heavy atom. The van der Waals surface area contributed by atoms with Gasteiger partial charge < -0.3 is 5.32 Å². The van der Waals surface area contributed by atoms with Gasteiger partial charge in [-0.25, -0.2) is 0 Å². The molecule has 0 saturated carbocycles. The van der Waals surface area contributed by atoms with E-state index in [4.69, 9.17) is 0 Å². The molecule has 0 aliphatic heterocycles. The lowest BCUT2D eigenvalue weighted by atomic mass is 10.2. The SMILES string of the molecule is CCn1c(=O)c2ccccc2n2c(CNc3cccc([N+](=O)[O-])c3)nnc12. The van der Waals surface area contributed by atoms with E-state index in [1.165, 1.54) is 12.1 Å². The first-order chi connectivity index (χ1) is 13.1. The normalized spacial score (nSPS) is 11.1. The monoisotopic (exact) mass is 364 g/mol. The lowest BCUT2D eigenvalue weighted by Gasteiger charge is -2.10. The highest BCUT2D eigenvalue weighted by atomic mass is 16.6. The van der Waals surface area contributed by atoms with Crippen molar-refractivity contribution in [2.45, 2.75) is 20.0 Å². The number of hydrogen-bond donors (Lipinski definition) is 1. The molecule has 136 valence electrons. The highest BCUT2D eigenvalue weighted by molar-refractivity contribution is 5.80. The molecule has 27 heavy (non-hydrogen) atoms. The van der Waals surface area contributed by atoms with E-state index in [0.29, 0.717) is 35.8 Å². The third-order valence-electron chi connectivity index (χ3n) is 4.40. The maximum atomic E-state index is 12.7. The maximum Gasteiger partial charge on any atom is 0.271 e. The third kappa shape index (κ3) is 2.78. The molecule has 0 unspecified atom stereocenters. The molecule has 9 heteroatoms. The summed E-state index contributed by atoms with van der Waals surface area (Å²) in [4.78, 5) is 23.2. The van der Waals surface area contributed by atoms with E-state index in [9.17, 15) is 14.9 Å². The van der Waals surface area contributed by atoms with E-state index in [1.807, 2.05) is 29.5 Å². The van der Waals surface area contributed by atoms with Crippen LogP contribution in [-0.4, -0.2) is 24.1 Å². The molecule has 4 aromatic rings. The number of nitro groups is 1. The summed E-state index contributed by atoms with van der Waals surface area (Å²) in [7, 11) is 0. The van der Waals surface area contributed by atoms with Crippen molar-refractivity contribution in [3.05, 3.63) is 74.8 Å². The number of anilines is 1. The second-order valence-electron chi connectivity index (χ2n) is 5.98. The summed E-state index contributed by atoms with van der Waals surface area (Å²) in [6.07, 6.45) is 0. The van der Waals surface area contributed by atoms with Gasteiger partial charge in [0.15, 0.2) is 5.82 Å². The van der Waals surface area contributed by atoms with Crippen molar-refractivity contribution in [3.63, 3.8) is 0 Å². The quantitative estimate of drug-likeness (QED) is 0.431. The maximum absolute atomic E-state index is 12.7. The Labute approximate surface area is 153 Å².